The van der Waals surface area contributed by atoms with Gasteiger partial charge < -0.3 is 5.11 Å². The van der Waals surface area contributed by atoms with E-state index < -0.39 is 11.8 Å². The van der Waals surface area contributed by atoms with Gasteiger partial charge in [0, 0.05) is 0 Å². The van der Waals surface area contributed by atoms with E-state index in [1.807, 2.05) is 0 Å². The predicted octanol–water partition coefficient (Wildman–Crippen LogP) is 1.88. The third-order valence-corrected chi connectivity index (χ3v) is 1.38. The van der Waals surface area contributed by atoms with Crippen LogP contribution < -0.4 is 0 Å². The Kier molecular flexibility index (Phi) is 2.15. The standard InChI is InChI=1S/C6H9F3O/c1-4(2)5(3,10)6(7,8)9/h10H,1H2,2-3H3/t5-/m1/s1. The molecular formula is C6H9F3O. The lowest BCUT2D eigenvalue weighted by molar-refractivity contribution is -0.236. The van der Waals surface area contributed by atoms with Crippen LogP contribution in [0.4, 0.5) is 13.2 Å². The minimum absolute atomic E-state index is 0.306. The Morgan fingerprint density at radius 3 is 1.70 bits per heavy atom. The van der Waals surface area contributed by atoms with Gasteiger partial charge in [0.05, 0.1) is 0 Å². The molecule has 0 unspecified atom stereocenters. The lowest BCUT2D eigenvalue weighted by atomic mass is 9.99. The highest BCUT2D eigenvalue weighted by Crippen LogP contribution is 2.34. The summed E-state index contributed by atoms with van der Waals surface area (Å²) < 4.78 is 35.3. The molecule has 0 saturated carbocycles. The molecule has 0 rings (SSSR count). The van der Waals surface area contributed by atoms with Crippen LogP contribution in [0.5, 0.6) is 0 Å². The molecule has 0 saturated heterocycles. The van der Waals surface area contributed by atoms with Crippen LogP contribution in [0, 0.1) is 0 Å². The van der Waals surface area contributed by atoms with E-state index in [1.54, 1.807) is 0 Å². The molecule has 0 aliphatic heterocycles. The number of rotatable bonds is 1. The van der Waals surface area contributed by atoms with Crippen molar-refractivity contribution in [2.75, 3.05) is 0 Å². The zero-order valence-corrected chi connectivity index (χ0v) is 5.79. The Hall–Kier alpha value is -0.510. The van der Waals surface area contributed by atoms with Crippen molar-refractivity contribution in [1.29, 1.82) is 0 Å². The van der Waals surface area contributed by atoms with Crippen LogP contribution in [-0.2, 0) is 0 Å². The van der Waals surface area contributed by atoms with Crippen molar-refractivity contribution >= 4 is 0 Å². The molecule has 1 atom stereocenters. The summed E-state index contributed by atoms with van der Waals surface area (Å²) in [6.07, 6.45) is -4.63. The van der Waals surface area contributed by atoms with Crippen molar-refractivity contribution in [2.45, 2.75) is 25.6 Å². The molecule has 60 valence electrons. The second-order valence-electron chi connectivity index (χ2n) is 2.35. The molecule has 10 heavy (non-hydrogen) atoms. The summed E-state index contributed by atoms with van der Waals surface area (Å²) in [5, 5.41) is 8.70. The van der Waals surface area contributed by atoms with Crippen LogP contribution in [0.2, 0.25) is 0 Å². The first-order valence-electron chi connectivity index (χ1n) is 2.64. The smallest absolute Gasteiger partial charge is 0.377 e. The Balaban J connectivity index is 4.57. The Morgan fingerprint density at radius 2 is 1.70 bits per heavy atom. The molecule has 0 bridgehead atoms. The summed E-state index contributed by atoms with van der Waals surface area (Å²) in [5.41, 5.74) is -3.06. The van der Waals surface area contributed by atoms with Gasteiger partial charge in [0.1, 0.15) is 0 Å². The fraction of sp³-hybridized carbons (Fsp3) is 0.667. The monoisotopic (exact) mass is 154 g/mol. The molecular weight excluding hydrogens is 145 g/mol. The van der Waals surface area contributed by atoms with Crippen LogP contribution >= 0.6 is 0 Å². The molecule has 0 spiro atoms. The molecule has 0 heterocycles. The maximum Gasteiger partial charge on any atom is 0.420 e. The van der Waals surface area contributed by atoms with E-state index in [1.165, 1.54) is 0 Å². The van der Waals surface area contributed by atoms with Crippen LogP contribution in [0.25, 0.3) is 0 Å². The van der Waals surface area contributed by atoms with Crippen molar-refractivity contribution in [3.8, 4) is 0 Å². The van der Waals surface area contributed by atoms with Crippen LogP contribution in [0.15, 0.2) is 12.2 Å². The molecule has 0 aromatic carbocycles. The summed E-state index contributed by atoms with van der Waals surface area (Å²) in [5.74, 6) is 0. The molecule has 0 radical (unpaired) electrons. The topological polar surface area (TPSA) is 20.2 Å². The minimum atomic E-state index is -4.63. The van der Waals surface area contributed by atoms with E-state index in [0.29, 0.717) is 6.92 Å². The Bertz CT molecular complexity index is 146. The van der Waals surface area contributed by atoms with Gasteiger partial charge in [-0.25, -0.2) is 0 Å². The van der Waals surface area contributed by atoms with Crippen LogP contribution in [0.1, 0.15) is 13.8 Å². The second kappa shape index (κ2) is 2.27. The highest BCUT2D eigenvalue weighted by atomic mass is 19.4. The van der Waals surface area contributed by atoms with Gasteiger partial charge in [0.25, 0.3) is 0 Å². The lowest BCUT2D eigenvalue weighted by Crippen LogP contribution is -2.42. The zero-order valence-electron chi connectivity index (χ0n) is 5.79. The van der Waals surface area contributed by atoms with Gasteiger partial charge in [-0.2, -0.15) is 13.2 Å². The molecule has 1 N–H and O–H groups in total. The summed E-state index contributed by atoms with van der Waals surface area (Å²) in [7, 11) is 0. The van der Waals surface area contributed by atoms with Gasteiger partial charge in [-0.05, 0) is 19.4 Å². The average Bonchev–Trinajstić information content (AvgIpc) is 1.62. The molecule has 0 aliphatic carbocycles. The summed E-state index contributed by atoms with van der Waals surface area (Å²) in [6, 6.07) is 0. The Morgan fingerprint density at radius 1 is 1.40 bits per heavy atom. The van der Waals surface area contributed by atoms with E-state index in [9.17, 15) is 13.2 Å². The maximum atomic E-state index is 11.8. The largest absolute Gasteiger partial charge is 0.420 e. The predicted molar refractivity (Wildman–Crippen MR) is 31.5 cm³/mol. The van der Waals surface area contributed by atoms with E-state index >= 15 is 0 Å². The molecule has 0 aromatic heterocycles. The minimum Gasteiger partial charge on any atom is -0.377 e. The van der Waals surface area contributed by atoms with Crippen LogP contribution in [-0.4, -0.2) is 16.9 Å². The van der Waals surface area contributed by atoms with Gasteiger partial charge in [0.15, 0.2) is 5.60 Å². The second-order valence-corrected chi connectivity index (χ2v) is 2.35. The van der Waals surface area contributed by atoms with E-state index in [-0.39, 0.29) is 5.57 Å². The van der Waals surface area contributed by atoms with E-state index in [0.717, 1.165) is 6.92 Å². The van der Waals surface area contributed by atoms with E-state index in [2.05, 4.69) is 6.58 Å². The van der Waals surface area contributed by atoms with Gasteiger partial charge in [0.2, 0.25) is 0 Å². The van der Waals surface area contributed by atoms with Crippen molar-refractivity contribution in [1.82, 2.24) is 0 Å². The fourth-order valence-electron chi connectivity index (χ4n) is 0.242. The summed E-state index contributed by atoms with van der Waals surface area (Å²) in [6.45, 7) is 4.83. The number of halogens is 3. The summed E-state index contributed by atoms with van der Waals surface area (Å²) >= 11 is 0. The van der Waals surface area contributed by atoms with E-state index in [4.69, 9.17) is 5.11 Å². The highest BCUT2D eigenvalue weighted by Gasteiger charge is 2.50. The maximum absolute atomic E-state index is 11.8. The third-order valence-electron chi connectivity index (χ3n) is 1.38. The lowest BCUT2D eigenvalue weighted by Gasteiger charge is -2.26. The quantitative estimate of drug-likeness (QED) is 0.571. The van der Waals surface area contributed by atoms with Gasteiger partial charge in [-0.3, -0.25) is 0 Å². The Labute approximate surface area is 57.2 Å². The molecule has 0 fully saturated rings. The molecule has 4 heteroatoms. The van der Waals surface area contributed by atoms with Crippen molar-refractivity contribution < 1.29 is 18.3 Å². The normalized spacial score (nSPS) is 18.2. The first-order chi connectivity index (χ1) is 4.19. The molecule has 0 aliphatic rings. The number of hydrogen-bond acceptors (Lipinski definition) is 1. The van der Waals surface area contributed by atoms with Crippen molar-refractivity contribution in [3.63, 3.8) is 0 Å². The SMILES string of the molecule is C=C(C)[C@@](C)(O)C(F)(F)F. The highest BCUT2D eigenvalue weighted by molar-refractivity contribution is 5.10. The third kappa shape index (κ3) is 1.50. The fourth-order valence-corrected chi connectivity index (χ4v) is 0.242. The van der Waals surface area contributed by atoms with Gasteiger partial charge in [-0.1, -0.05) is 6.58 Å². The number of hydrogen-bond donors (Lipinski definition) is 1. The molecule has 0 aromatic rings. The molecule has 1 nitrogen and oxygen atoms in total. The number of aliphatic hydroxyl groups is 1. The van der Waals surface area contributed by atoms with Gasteiger partial charge >= 0.3 is 6.18 Å². The summed E-state index contributed by atoms with van der Waals surface area (Å²) in [4.78, 5) is 0. The zero-order chi connectivity index (χ0) is 8.58. The van der Waals surface area contributed by atoms with Gasteiger partial charge in [-0.15, -0.1) is 0 Å². The first kappa shape index (κ1) is 9.49. The van der Waals surface area contributed by atoms with Crippen LogP contribution in [0.3, 0.4) is 0 Å². The van der Waals surface area contributed by atoms with Crippen molar-refractivity contribution in [3.05, 3.63) is 12.2 Å². The van der Waals surface area contributed by atoms with Crippen molar-refractivity contribution in [2.24, 2.45) is 0 Å². The first-order valence-corrected chi connectivity index (χ1v) is 2.64. The molecule has 0 amide bonds. The average molecular weight is 154 g/mol. The number of alkyl halides is 3.